The first-order valence-corrected chi connectivity index (χ1v) is 7.34. The van der Waals surface area contributed by atoms with Crippen LogP contribution in [-0.2, 0) is 4.79 Å². The van der Waals surface area contributed by atoms with E-state index in [2.05, 4.69) is 0 Å². The van der Waals surface area contributed by atoms with Gasteiger partial charge in [0.2, 0.25) is 5.91 Å². The van der Waals surface area contributed by atoms with Crippen LogP contribution in [0.2, 0.25) is 10.0 Å². The lowest BCUT2D eigenvalue weighted by molar-refractivity contribution is -0.130. The van der Waals surface area contributed by atoms with Crippen molar-refractivity contribution in [2.45, 2.75) is 25.8 Å². The average Bonchev–Trinajstić information content (AvgIpc) is 2.42. The van der Waals surface area contributed by atoms with E-state index in [4.69, 9.17) is 28.9 Å². The van der Waals surface area contributed by atoms with Crippen molar-refractivity contribution in [3.05, 3.63) is 27.7 Å². The third-order valence-corrected chi connectivity index (χ3v) is 4.64. The van der Waals surface area contributed by atoms with Gasteiger partial charge in [0.25, 0.3) is 0 Å². The van der Waals surface area contributed by atoms with Gasteiger partial charge in [-0.05, 0) is 24.8 Å². The normalized spacial score (nSPS) is 18.1. The van der Waals surface area contributed by atoms with Gasteiger partial charge in [-0.25, -0.2) is 0 Å². The molecule has 6 heteroatoms. The van der Waals surface area contributed by atoms with Crippen LogP contribution in [0.4, 0.5) is 0 Å². The number of benzene rings is 1. The molecule has 1 heterocycles. The monoisotopic (exact) mass is 316 g/mol. The van der Waals surface area contributed by atoms with E-state index in [1.165, 1.54) is 6.07 Å². The number of carbonyl (C=O) groups excluding carboxylic acids is 1. The van der Waals surface area contributed by atoms with E-state index >= 15 is 0 Å². The number of piperidine rings is 1. The number of amides is 1. The number of aromatic hydroxyl groups is 1. The molecule has 0 bridgehead atoms. The highest BCUT2D eigenvalue weighted by molar-refractivity contribution is 6.42. The van der Waals surface area contributed by atoms with Crippen molar-refractivity contribution in [3.63, 3.8) is 0 Å². The van der Waals surface area contributed by atoms with Crippen LogP contribution in [0.15, 0.2) is 12.1 Å². The number of phenolic OH excluding ortho intramolecular Hbond substituents is 1. The second-order valence-electron chi connectivity index (χ2n) is 5.19. The Hall–Kier alpha value is -0.970. The molecule has 4 nitrogen and oxygen atoms in total. The van der Waals surface area contributed by atoms with E-state index in [1.54, 1.807) is 13.0 Å². The Balaban J connectivity index is 2.11. The molecular weight excluding hydrogens is 299 g/mol. The number of nitrogens with two attached hydrogens (primary N) is 1. The van der Waals surface area contributed by atoms with Gasteiger partial charge in [-0.1, -0.05) is 23.2 Å². The van der Waals surface area contributed by atoms with E-state index in [0.29, 0.717) is 28.7 Å². The molecule has 0 saturated carbocycles. The molecule has 3 N–H and O–H groups in total. The highest BCUT2D eigenvalue weighted by Crippen LogP contribution is 2.37. The molecule has 0 spiro atoms. The summed E-state index contributed by atoms with van der Waals surface area (Å²) in [7, 11) is 0. The molecule has 1 amide bonds. The first-order valence-electron chi connectivity index (χ1n) is 6.59. The number of likely N-dealkylation sites (tertiary alicyclic amines) is 1. The van der Waals surface area contributed by atoms with Crippen LogP contribution in [0, 0.1) is 5.92 Å². The fraction of sp³-hybridized carbons (Fsp3) is 0.500. The topological polar surface area (TPSA) is 66.6 Å². The SMILES string of the molecule is CC(=O)N1CCC([C@@H](N)c2cc(Cl)c(Cl)cc2O)CC1. The molecule has 1 saturated heterocycles. The van der Waals surface area contributed by atoms with Crippen molar-refractivity contribution in [2.75, 3.05) is 13.1 Å². The fourth-order valence-electron chi connectivity index (χ4n) is 2.65. The van der Waals surface area contributed by atoms with Crippen molar-refractivity contribution in [2.24, 2.45) is 11.7 Å². The van der Waals surface area contributed by atoms with Gasteiger partial charge in [-0.2, -0.15) is 0 Å². The summed E-state index contributed by atoms with van der Waals surface area (Å²) in [4.78, 5) is 13.1. The minimum absolute atomic E-state index is 0.0703. The third-order valence-electron chi connectivity index (χ3n) is 3.92. The van der Waals surface area contributed by atoms with E-state index in [0.717, 1.165) is 12.8 Å². The van der Waals surface area contributed by atoms with Gasteiger partial charge in [0.1, 0.15) is 5.75 Å². The molecule has 0 radical (unpaired) electrons. The maximum Gasteiger partial charge on any atom is 0.219 e. The number of nitrogens with zero attached hydrogens (tertiary/aromatic N) is 1. The highest BCUT2D eigenvalue weighted by atomic mass is 35.5. The Bertz CT molecular complexity index is 514. The van der Waals surface area contributed by atoms with Crippen molar-refractivity contribution in [1.29, 1.82) is 0 Å². The number of hydrogen-bond donors (Lipinski definition) is 2. The van der Waals surface area contributed by atoms with Crippen molar-refractivity contribution < 1.29 is 9.90 Å². The fourth-order valence-corrected chi connectivity index (χ4v) is 2.98. The van der Waals surface area contributed by atoms with Crippen LogP contribution in [0.1, 0.15) is 31.4 Å². The van der Waals surface area contributed by atoms with E-state index in [9.17, 15) is 9.90 Å². The number of carbonyl (C=O) groups is 1. The molecule has 1 aromatic carbocycles. The summed E-state index contributed by atoms with van der Waals surface area (Å²) in [5, 5.41) is 10.7. The van der Waals surface area contributed by atoms with Gasteiger partial charge in [0, 0.05) is 37.7 Å². The summed E-state index contributed by atoms with van der Waals surface area (Å²) in [5.74, 6) is 0.379. The van der Waals surface area contributed by atoms with Gasteiger partial charge in [-0.15, -0.1) is 0 Å². The molecule has 1 atom stereocenters. The number of hydrogen-bond acceptors (Lipinski definition) is 3. The second kappa shape index (κ2) is 6.20. The first-order chi connectivity index (χ1) is 9.40. The van der Waals surface area contributed by atoms with Crippen molar-refractivity contribution in [1.82, 2.24) is 4.90 Å². The quantitative estimate of drug-likeness (QED) is 0.881. The van der Waals surface area contributed by atoms with Gasteiger partial charge in [0.15, 0.2) is 0 Å². The Morgan fingerprint density at radius 2 is 1.90 bits per heavy atom. The summed E-state index contributed by atoms with van der Waals surface area (Å²) in [6.45, 7) is 2.98. The molecule has 1 aromatic rings. The van der Waals surface area contributed by atoms with Gasteiger partial charge < -0.3 is 15.7 Å². The molecule has 0 aliphatic carbocycles. The minimum Gasteiger partial charge on any atom is -0.508 e. The predicted octanol–water partition coefficient (Wildman–Crippen LogP) is 2.96. The largest absolute Gasteiger partial charge is 0.508 e. The van der Waals surface area contributed by atoms with Gasteiger partial charge in [-0.3, -0.25) is 4.79 Å². The average molecular weight is 317 g/mol. The maximum atomic E-state index is 11.3. The molecule has 110 valence electrons. The lowest BCUT2D eigenvalue weighted by Gasteiger charge is -2.34. The van der Waals surface area contributed by atoms with Gasteiger partial charge >= 0.3 is 0 Å². The minimum atomic E-state index is -0.307. The standard InChI is InChI=1S/C14H18Cl2N2O2/c1-8(19)18-4-2-9(3-5-18)14(17)10-6-11(15)12(16)7-13(10)20/h6-7,9,14,20H,2-5,17H2,1H3/t14-/m1/s1. The zero-order valence-electron chi connectivity index (χ0n) is 11.3. The lowest BCUT2D eigenvalue weighted by Crippen LogP contribution is -2.39. The van der Waals surface area contributed by atoms with Crippen LogP contribution >= 0.6 is 23.2 Å². The summed E-state index contributed by atoms with van der Waals surface area (Å²) < 4.78 is 0. The lowest BCUT2D eigenvalue weighted by atomic mass is 9.85. The number of halogens is 2. The summed E-state index contributed by atoms with van der Waals surface area (Å²) in [6.07, 6.45) is 1.64. The molecule has 2 rings (SSSR count). The van der Waals surface area contributed by atoms with Crippen LogP contribution in [0.5, 0.6) is 5.75 Å². The number of phenols is 1. The Kier molecular flexibility index (Phi) is 4.78. The zero-order valence-corrected chi connectivity index (χ0v) is 12.8. The van der Waals surface area contributed by atoms with Crippen LogP contribution in [-0.4, -0.2) is 29.0 Å². The van der Waals surface area contributed by atoms with Crippen LogP contribution in [0.25, 0.3) is 0 Å². The third kappa shape index (κ3) is 3.19. The van der Waals surface area contributed by atoms with E-state index in [-0.39, 0.29) is 23.6 Å². The van der Waals surface area contributed by atoms with Crippen molar-refractivity contribution in [3.8, 4) is 5.75 Å². The molecule has 20 heavy (non-hydrogen) atoms. The Morgan fingerprint density at radius 3 is 2.45 bits per heavy atom. The van der Waals surface area contributed by atoms with Crippen LogP contribution in [0.3, 0.4) is 0 Å². The molecule has 1 aliphatic heterocycles. The zero-order chi connectivity index (χ0) is 14.9. The summed E-state index contributed by atoms with van der Waals surface area (Å²) in [5.41, 5.74) is 6.86. The summed E-state index contributed by atoms with van der Waals surface area (Å²) in [6, 6.07) is 2.74. The van der Waals surface area contributed by atoms with Gasteiger partial charge in [0.05, 0.1) is 10.0 Å². The smallest absolute Gasteiger partial charge is 0.219 e. The summed E-state index contributed by atoms with van der Waals surface area (Å²) >= 11 is 11.8. The Labute approximate surface area is 128 Å². The molecule has 0 unspecified atom stereocenters. The Morgan fingerprint density at radius 1 is 1.35 bits per heavy atom. The van der Waals surface area contributed by atoms with Crippen LogP contribution < -0.4 is 5.73 Å². The van der Waals surface area contributed by atoms with E-state index in [1.807, 2.05) is 4.90 Å². The van der Waals surface area contributed by atoms with E-state index < -0.39 is 0 Å². The predicted molar refractivity (Wildman–Crippen MR) is 80.0 cm³/mol. The number of rotatable bonds is 2. The maximum absolute atomic E-state index is 11.3. The van der Waals surface area contributed by atoms with Crippen molar-refractivity contribution >= 4 is 29.1 Å². The molecule has 1 aliphatic rings. The molecule has 0 aromatic heterocycles. The first kappa shape index (κ1) is 15.4. The molecule has 1 fully saturated rings. The second-order valence-corrected chi connectivity index (χ2v) is 6.01. The highest BCUT2D eigenvalue weighted by Gasteiger charge is 2.28. The molecular formula is C14H18Cl2N2O2.